The molecule has 0 radical (unpaired) electrons. The molecular weight excluding hydrogens is 309 g/mol. The Balaban J connectivity index is 3.28. The largest absolute Gasteiger partial charge is 0.456 e. The topological polar surface area (TPSA) is 69.4 Å². The zero-order chi connectivity index (χ0) is 14.1. The lowest BCUT2D eigenvalue weighted by Crippen LogP contribution is -2.24. The number of hydrogen-bond donors (Lipinski definition) is 0. The second kappa shape index (κ2) is 5.01. The van der Waals surface area contributed by atoms with Gasteiger partial charge in [0.25, 0.3) is 5.69 Å². The van der Waals surface area contributed by atoms with Gasteiger partial charge < -0.3 is 4.74 Å². The predicted molar refractivity (Wildman–Crippen MR) is 65.9 cm³/mol. The van der Waals surface area contributed by atoms with Gasteiger partial charge in [0.1, 0.15) is 21.5 Å². The number of carbonyl (C=O) groups is 1. The van der Waals surface area contributed by atoms with E-state index < -0.39 is 33.6 Å². The lowest BCUT2D eigenvalue weighted by atomic mass is 10.1. The highest BCUT2D eigenvalue weighted by Gasteiger charge is 2.27. The highest BCUT2D eigenvalue weighted by Crippen LogP contribution is 2.31. The lowest BCUT2D eigenvalue weighted by molar-refractivity contribution is -0.385. The third-order valence-electron chi connectivity index (χ3n) is 1.87. The number of benzene rings is 1. The van der Waals surface area contributed by atoms with Crippen LogP contribution in [-0.4, -0.2) is 16.5 Å². The third-order valence-corrected chi connectivity index (χ3v) is 2.67. The second-order valence-electron chi connectivity index (χ2n) is 4.51. The van der Waals surface area contributed by atoms with E-state index in [4.69, 9.17) is 4.74 Å². The molecule has 0 spiro atoms. The summed E-state index contributed by atoms with van der Waals surface area (Å²) in [5, 5.41) is 10.7. The van der Waals surface area contributed by atoms with Gasteiger partial charge in [-0.2, -0.15) is 0 Å². The summed E-state index contributed by atoms with van der Waals surface area (Å²) >= 11 is 2.86. The zero-order valence-corrected chi connectivity index (χ0v) is 11.6. The molecule has 0 fully saturated rings. The van der Waals surface area contributed by atoms with Crippen molar-refractivity contribution in [2.45, 2.75) is 26.4 Å². The van der Waals surface area contributed by atoms with Crippen LogP contribution in [0.1, 0.15) is 31.1 Å². The smallest absolute Gasteiger partial charge is 0.343 e. The first-order chi connectivity index (χ1) is 8.13. The lowest BCUT2D eigenvalue weighted by Gasteiger charge is -2.20. The number of esters is 1. The van der Waals surface area contributed by atoms with Gasteiger partial charge in [-0.25, -0.2) is 9.18 Å². The number of rotatable bonds is 2. The second-order valence-corrected chi connectivity index (χ2v) is 5.31. The van der Waals surface area contributed by atoms with E-state index >= 15 is 0 Å². The average molecular weight is 320 g/mol. The van der Waals surface area contributed by atoms with Gasteiger partial charge in [0.2, 0.25) is 0 Å². The van der Waals surface area contributed by atoms with Crippen molar-refractivity contribution in [2.75, 3.05) is 0 Å². The number of ether oxygens (including phenoxy) is 1. The molecule has 1 aromatic carbocycles. The van der Waals surface area contributed by atoms with E-state index in [1.54, 1.807) is 20.8 Å². The highest BCUT2D eigenvalue weighted by molar-refractivity contribution is 9.10. The van der Waals surface area contributed by atoms with Gasteiger partial charge in [0, 0.05) is 6.07 Å². The fraction of sp³-hybridized carbons (Fsp3) is 0.364. The van der Waals surface area contributed by atoms with Crippen molar-refractivity contribution in [2.24, 2.45) is 0 Å². The maximum Gasteiger partial charge on any atom is 0.343 e. The number of hydrogen-bond acceptors (Lipinski definition) is 4. The van der Waals surface area contributed by atoms with Crippen LogP contribution in [0.5, 0.6) is 0 Å². The Morgan fingerprint density at radius 2 is 2.00 bits per heavy atom. The summed E-state index contributed by atoms with van der Waals surface area (Å²) in [7, 11) is 0. The molecular formula is C11H11BrFNO4. The molecule has 0 aromatic heterocycles. The molecule has 98 valence electrons. The highest BCUT2D eigenvalue weighted by atomic mass is 79.9. The predicted octanol–water partition coefficient (Wildman–Crippen LogP) is 3.45. The van der Waals surface area contributed by atoms with Gasteiger partial charge >= 0.3 is 5.97 Å². The summed E-state index contributed by atoms with van der Waals surface area (Å²) in [6.07, 6.45) is 0. The van der Waals surface area contributed by atoms with Gasteiger partial charge in [0.05, 0.1) is 4.92 Å². The van der Waals surface area contributed by atoms with Gasteiger partial charge in [-0.05, 0) is 42.8 Å². The van der Waals surface area contributed by atoms with Crippen LogP contribution in [0.25, 0.3) is 0 Å². The minimum atomic E-state index is -0.949. The molecule has 0 unspecified atom stereocenters. The normalized spacial score (nSPS) is 11.2. The summed E-state index contributed by atoms with van der Waals surface area (Å²) in [6, 6.07) is 1.84. The minimum Gasteiger partial charge on any atom is -0.456 e. The van der Waals surface area contributed by atoms with E-state index in [1.165, 1.54) is 0 Å². The van der Waals surface area contributed by atoms with Gasteiger partial charge in [-0.1, -0.05) is 0 Å². The fourth-order valence-electron chi connectivity index (χ4n) is 1.20. The maximum atomic E-state index is 13.6. The van der Waals surface area contributed by atoms with Crippen molar-refractivity contribution < 1.29 is 18.8 Å². The first-order valence-corrected chi connectivity index (χ1v) is 5.78. The van der Waals surface area contributed by atoms with E-state index in [0.717, 1.165) is 12.1 Å². The Labute approximate surface area is 111 Å². The number of halogens is 2. The molecule has 5 nitrogen and oxygen atoms in total. The van der Waals surface area contributed by atoms with Crippen LogP contribution in [0.3, 0.4) is 0 Å². The molecule has 18 heavy (non-hydrogen) atoms. The SMILES string of the molecule is CC(C)(C)OC(=O)c1c(F)ccc([N+](=O)[O-])c1Br. The van der Waals surface area contributed by atoms with Crippen LogP contribution in [0, 0.1) is 15.9 Å². The molecule has 0 heterocycles. The number of nitrogens with zero attached hydrogens (tertiary/aromatic N) is 1. The summed E-state index contributed by atoms with van der Waals surface area (Å²) < 4.78 is 18.3. The van der Waals surface area contributed by atoms with E-state index in [9.17, 15) is 19.3 Å². The van der Waals surface area contributed by atoms with E-state index in [0.29, 0.717) is 0 Å². The van der Waals surface area contributed by atoms with Gasteiger partial charge in [-0.3, -0.25) is 10.1 Å². The Hall–Kier alpha value is -1.50. The van der Waals surface area contributed by atoms with Crippen molar-refractivity contribution >= 4 is 27.6 Å². The standard InChI is InChI=1S/C11H11BrFNO4/c1-11(2,3)18-10(15)8-6(13)4-5-7(9(8)12)14(16)17/h4-5H,1-3H3. The molecule has 0 N–H and O–H groups in total. The van der Waals surface area contributed by atoms with E-state index in [2.05, 4.69) is 15.9 Å². The molecule has 0 aliphatic carbocycles. The molecule has 0 bridgehead atoms. The molecule has 0 saturated heterocycles. The third kappa shape index (κ3) is 3.25. The molecule has 1 rings (SSSR count). The van der Waals surface area contributed by atoms with Crippen molar-refractivity contribution in [1.82, 2.24) is 0 Å². The summed E-state index contributed by atoms with van der Waals surface area (Å²) in [4.78, 5) is 21.7. The summed E-state index contributed by atoms with van der Waals surface area (Å²) in [5.74, 6) is -1.82. The summed E-state index contributed by atoms with van der Waals surface area (Å²) in [6.45, 7) is 4.86. The van der Waals surface area contributed by atoms with Crippen LogP contribution in [0.2, 0.25) is 0 Å². The Kier molecular flexibility index (Phi) is 4.05. The van der Waals surface area contributed by atoms with Crippen LogP contribution in [0.15, 0.2) is 16.6 Å². The van der Waals surface area contributed by atoms with Crippen LogP contribution in [-0.2, 0) is 4.74 Å². The minimum absolute atomic E-state index is 0.221. The van der Waals surface area contributed by atoms with E-state index in [1.807, 2.05) is 0 Å². The first kappa shape index (κ1) is 14.6. The molecule has 7 heteroatoms. The number of nitro benzene ring substituents is 1. The van der Waals surface area contributed by atoms with Crippen molar-refractivity contribution in [3.05, 3.63) is 38.1 Å². The quantitative estimate of drug-likeness (QED) is 0.475. The van der Waals surface area contributed by atoms with Crippen LogP contribution < -0.4 is 0 Å². The number of nitro groups is 1. The van der Waals surface area contributed by atoms with Crippen molar-refractivity contribution in [3.8, 4) is 0 Å². The van der Waals surface area contributed by atoms with Crippen LogP contribution in [0.4, 0.5) is 10.1 Å². The molecule has 1 aromatic rings. The molecule has 0 aliphatic heterocycles. The first-order valence-electron chi connectivity index (χ1n) is 4.99. The van der Waals surface area contributed by atoms with Crippen LogP contribution >= 0.6 is 15.9 Å². The van der Waals surface area contributed by atoms with E-state index in [-0.39, 0.29) is 4.47 Å². The molecule has 0 atom stereocenters. The molecule has 0 saturated carbocycles. The van der Waals surface area contributed by atoms with Crippen molar-refractivity contribution in [1.29, 1.82) is 0 Å². The summed E-state index contributed by atoms with van der Waals surface area (Å²) in [5.41, 5.74) is -1.68. The molecule has 0 aliphatic rings. The number of carbonyl (C=O) groups excluding carboxylic acids is 1. The maximum absolute atomic E-state index is 13.6. The monoisotopic (exact) mass is 319 g/mol. The Bertz CT molecular complexity index is 511. The average Bonchev–Trinajstić information content (AvgIpc) is 2.13. The Morgan fingerprint density at radius 3 is 2.44 bits per heavy atom. The zero-order valence-electron chi connectivity index (χ0n) is 9.99. The molecule has 0 amide bonds. The Morgan fingerprint density at radius 1 is 1.44 bits per heavy atom. The van der Waals surface area contributed by atoms with Gasteiger partial charge in [0.15, 0.2) is 0 Å². The van der Waals surface area contributed by atoms with Gasteiger partial charge in [-0.15, -0.1) is 0 Å². The fourth-order valence-corrected chi connectivity index (χ4v) is 1.83. The van der Waals surface area contributed by atoms with Crippen molar-refractivity contribution in [3.63, 3.8) is 0 Å².